The van der Waals surface area contributed by atoms with Crippen molar-refractivity contribution in [2.75, 3.05) is 18.0 Å². The van der Waals surface area contributed by atoms with Crippen LogP contribution in [0.5, 0.6) is 0 Å². The van der Waals surface area contributed by atoms with Crippen LogP contribution in [0, 0.1) is 0 Å². The minimum absolute atomic E-state index is 0.0938. The van der Waals surface area contributed by atoms with Crippen LogP contribution in [0.2, 0.25) is 0 Å². The number of anilines is 1. The Balaban J connectivity index is 2.16. The predicted molar refractivity (Wildman–Crippen MR) is 62.2 cm³/mol. The molecule has 2 heterocycles. The van der Waals surface area contributed by atoms with E-state index in [2.05, 4.69) is 35.6 Å². The van der Waals surface area contributed by atoms with Crippen molar-refractivity contribution in [1.82, 2.24) is 9.97 Å². The monoisotopic (exact) mass is 205 g/mol. The zero-order valence-electron chi connectivity index (χ0n) is 9.82. The van der Waals surface area contributed by atoms with E-state index in [1.165, 1.54) is 12.8 Å². The smallest absolute Gasteiger partial charge is 0.147 e. The van der Waals surface area contributed by atoms with Crippen LogP contribution in [0.1, 0.15) is 39.3 Å². The molecule has 0 amide bonds. The number of aromatic nitrogens is 2. The van der Waals surface area contributed by atoms with Crippen LogP contribution in [0.3, 0.4) is 0 Å². The summed E-state index contributed by atoms with van der Waals surface area (Å²) in [5.41, 5.74) is 1.15. The Hall–Kier alpha value is -1.12. The summed E-state index contributed by atoms with van der Waals surface area (Å²) in [6, 6.07) is 0. The molecule has 1 aromatic heterocycles. The summed E-state index contributed by atoms with van der Waals surface area (Å²) in [5.74, 6) is 1.03. The lowest BCUT2D eigenvalue weighted by Crippen LogP contribution is -2.20. The Morgan fingerprint density at radius 2 is 1.73 bits per heavy atom. The van der Waals surface area contributed by atoms with E-state index in [-0.39, 0.29) is 5.41 Å². The summed E-state index contributed by atoms with van der Waals surface area (Å²) in [5, 5.41) is 0. The first-order chi connectivity index (χ1) is 7.07. The van der Waals surface area contributed by atoms with E-state index in [1.54, 1.807) is 0 Å². The zero-order chi connectivity index (χ0) is 10.9. The summed E-state index contributed by atoms with van der Waals surface area (Å²) in [6.45, 7) is 8.73. The van der Waals surface area contributed by atoms with E-state index in [0.29, 0.717) is 0 Å². The second kappa shape index (κ2) is 3.80. The van der Waals surface area contributed by atoms with Crippen LogP contribution in [-0.4, -0.2) is 23.1 Å². The van der Waals surface area contributed by atoms with Gasteiger partial charge in [0.1, 0.15) is 5.82 Å². The van der Waals surface area contributed by atoms with Crippen molar-refractivity contribution in [1.29, 1.82) is 0 Å². The molecule has 0 N–H and O–H groups in total. The van der Waals surface area contributed by atoms with Crippen molar-refractivity contribution in [3.8, 4) is 0 Å². The number of rotatable bonds is 1. The minimum Gasteiger partial charge on any atom is -0.355 e. The Kier molecular flexibility index (Phi) is 2.63. The molecule has 0 unspecified atom stereocenters. The highest BCUT2D eigenvalue weighted by Crippen LogP contribution is 2.21. The van der Waals surface area contributed by atoms with E-state index in [0.717, 1.165) is 24.6 Å². The highest BCUT2D eigenvalue weighted by Gasteiger charge is 2.18. The standard InChI is InChI=1S/C12H19N3/c1-12(2,3)10-8-14-11(9-13-10)15-6-4-5-7-15/h8-9H,4-7H2,1-3H3. The van der Waals surface area contributed by atoms with Gasteiger partial charge in [0.15, 0.2) is 0 Å². The lowest BCUT2D eigenvalue weighted by molar-refractivity contribution is 0.565. The van der Waals surface area contributed by atoms with Gasteiger partial charge in [-0.25, -0.2) is 4.98 Å². The first kappa shape index (κ1) is 10.4. The lowest BCUT2D eigenvalue weighted by Gasteiger charge is -2.20. The molecule has 15 heavy (non-hydrogen) atoms. The maximum absolute atomic E-state index is 4.49. The Morgan fingerprint density at radius 3 is 2.20 bits per heavy atom. The van der Waals surface area contributed by atoms with Gasteiger partial charge in [0.05, 0.1) is 18.1 Å². The SMILES string of the molecule is CC(C)(C)c1cnc(N2CCCC2)cn1. The molecule has 1 aromatic rings. The van der Waals surface area contributed by atoms with Crippen LogP contribution in [0.15, 0.2) is 12.4 Å². The van der Waals surface area contributed by atoms with E-state index in [9.17, 15) is 0 Å². The van der Waals surface area contributed by atoms with Gasteiger partial charge in [-0.15, -0.1) is 0 Å². The molecule has 82 valence electrons. The largest absolute Gasteiger partial charge is 0.355 e. The Bertz CT molecular complexity index is 318. The first-order valence-electron chi connectivity index (χ1n) is 5.65. The third kappa shape index (κ3) is 2.28. The van der Waals surface area contributed by atoms with Gasteiger partial charge in [0, 0.05) is 18.5 Å². The number of hydrogen-bond acceptors (Lipinski definition) is 3. The van der Waals surface area contributed by atoms with Crippen molar-refractivity contribution in [2.45, 2.75) is 39.0 Å². The molecule has 0 aromatic carbocycles. The average molecular weight is 205 g/mol. The quantitative estimate of drug-likeness (QED) is 0.705. The van der Waals surface area contributed by atoms with Crippen LogP contribution in [0.25, 0.3) is 0 Å². The summed E-state index contributed by atoms with van der Waals surface area (Å²) in [6.07, 6.45) is 6.38. The first-order valence-corrected chi connectivity index (χ1v) is 5.65. The Labute approximate surface area is 91.5 Å². The predicted octanol–water partition coefficient (Wildman–Crippen LogP) is 2.37. The molecule has 0 atom stereocenters. The van der Waals surface area contributed by atoms with Gasteiger partial charge < -0.3 is 4.90 Å². The summed E-state index contributed by atoms with van der Waals surface area (Å²) in [4.78, 5) is 11.3. The molecule has 1 fully saturated rings. The molecule has 0 spiro atoms. The molecule has 1 aliphatic rings. The maximum Gasteiger partial charge on any atom is 0.147 e. The van der Waals surface area contributed by atoms with Crippen molar-refractivity contribution < 1.29 is 0 Å². The summed E-state index contributed by atoms with van der Waals surface area (Å²) >= 11 is 0. The topological polar surface area (TPSA) is 29.0 Å². The second-order valence-electron chi connectivity index (χ2n) is 5.20. The van der Waals surface area contributed by atoms with Gasteiger partial charge in [-0.2, -0.15) is 0 Å². The minimum atomic E-state index is 0.0938. The average Bonchev–Trinajstić information content (AvgIpc) is 2.69. The van der Waals surface area contributed by atoms with E-state index in [4.69, 9.17) is 0 Å². The molecule has 0 bridgehead atoms. The van der Waals surface area contributed by atoms with Crippen molar-refractivity contribution in [2.24, 2.45) is 0 Å². The number of nitrogens with zero attached hydrogens (tertiary/aromatic N) is 3. The molecule has 1 saturated heterocycles. The van der Waals surface area contributed by atoms with Crippen molar-refractivity contribution in [3.63, 3.8) is 0 Å². The fourth-order valence-corrected chi connectivity index (χ4v) is 1.82. The van der Waals surface area contributed by atoms with Gasteiger partial charge in [0.25, 0.3) is 0 Å². The van der Waals surface area contributed by atoms with Gasteiger partial charge in [-0.1, -0.05) is 20.8 Å². The third-order valence-corrected chi connectivity index (χ3v) is 2.84. The highest BCUT2D eigenvalue weighted by molar-refractivity contribution is 5.37. The Morgan fingerprint density at radius 1 is 1.07 bits per heavy atom. The fourth-order valence-electron chi connectivity index (χ4n) is 1.82. The normalized spacial score (nSPS) is 17.1. The molecule has 1 aliphatic heterocycles. The summed E-state index contributed by atoms with van der Waals surface area (Å²) in [7, 11) is 0. The van der Waals surface area contributed by atoms with E-state index >= 15 is 0 Å². The van der Waals surface area contributed by atoms with E-state index < -0.39 is 0 Å². The van der Waals surface area contributed by atoms with Crippen molar-refractivity contribution in [3.05, 3.63) is 18.1 Å². The zero-order valence-corrected chi connectivity index (χ0v) is 9.82. The van der Waals surface area contributed by atoms with Gasteiger partial charge in [-0.3, -0.25) is 4.98 Å². The van der Waals surface area contributed by atoms with Crippen LogP contribution < -0.4 is 4.90 Å². The maximum atomic E-state index is 4.49. The van der Waals surface area contributed by atoms with Crippen molar-refractivity contribution >= 4 is 5.82 Å². The molecular formula is C12H19N3. The molecule has 3 nitrogen and oxygen atoms in total. The highest BCUT2D eigenvalue weighted by atomic mass is 15.2. The number of hydrogen-bond donors (Lipinski definition) is 0. The second-order valence-corrected chi connectivity index (χ2v) is 5.20. The van der Waals surface area contributed by atoms with Gasteiger partial charge in [-0.05, 0) is 12.8 Å². The van der Waals surface area contributed by atoms with Crippen LogP contribution in [0.4, 0.5) is 5.82 Å². The van der Waals surface area contributed by atoms with E-state index in [1.807, 2.05) is 12.4 Å². The van der Waals surface area contributed by atoms with Gasteiger partial charge in [0.2, 0.25) is 0 Å². The third-order valence-electron chi connectivity index (χ3n) is 2.84. The molecular weight excluding hydrogens is 186 g/mol. The van der Waals surface area contributed by atoms with Crippen LogP contribution in [-0.2, 0) is 5.41 Å². The molecule has 3 heteroatoms. The van der Waals surface area contributed by atoms with Gasteiger partial charge >= 0.3 is 0 Å². The molecule has 0 aliphatic carbocycles. The lowest BCUT2D eigenvalue weighted by atomic mass is 9.93. The molecule has 0 saturated carbocycles. The fraction of sp³-hybridized carbons (Fsp3) is 0.667. The molecule has 2 rings (SSSR count). The summed E-state index contributed by atoms with van der Waals surface area (Å²) < 4.78 is 0. The molecule has 0 radical (unpaired) electrons. The van der Waals surface area contributed by atoms with Crippen LogP contribution >= 0.6 is 0 Å².